The van der Waals surface area contributed by atoms with Crippen molar-refractivity contribution in [2.45, 2.75) is 25.0 Å². The fraction of sp³-hybridized carbons (Fsp3) is 0.538. The summed E-state index contributed by atoms with van der Waals surface area (Å²) in [5.74, 6) is 0. The van der Waals surface area contributed by atoms with Gasteiger partial charge in [0.2, 0.25) is 0 Å². The molecule has 1 saturated heterocycles. The second-order valence-corrected chi connectivity index (χ2v) is 4.91. The normalized spacial score (nSPS) is 28.2. The zero-order valence-electron chi connectivity index (χ0n) is 9.63. The van der Waals surface area contributed by atoms with Gasteiger partial charge in [0.25, 0.3) is 0 Å². The molecular weight excluding hydrogens is 202 g/mol. The maximum atomic E-state index is 10.0. The second kappa shape index (κ2) is 4.53. The van der Waals surface area contributed by atoms with E-state index in [2.05, 4.69) is 4.90 Å². The minimum Gasteiger partial charge on any atom is -0.389 e. The quantitative estimate of drug-likeness (QED) is 0.805. The third-order valence-electron chi connectivity index (χ3n) is 3.15. The van der Waals surface area contributed by atoms with E-state index in [0.717, 1.165) is 18.5 Å². The van der Waals surface area contributed by atoms with Gasteiger partial charge in [-0.25, -0.2) is 0 Å². The van der Waals surface area contributed by atoms with Crippen molar-refractivity contribution in [1.82, 2.24) is 4.90 Å². The summed E-state index contributed by atoms with van der Waals surface area (Å²) < 4.78 is 0. The summed E-state index contributed by atoms with van der Waals surface area (Å²) >= 11 is 0. The van der Waals surface area contributed by atoms with Crippen molar-refractivity contribution in [1.29, 1.82) is 0 Å². The molecule has 1 aliphatic heterocycles. The van der Waals surface area contributed by atoms with Crippen LogP contribution in [0.1, 0.15) is 25.0 Å². The molecule has 2 rings (SSSR count). The van der Waals surface area contributed by atoms with Crippen molar-refractivity contribution < 1.29 is 10.2 Å². The van der Waals surface area contributed by atoms with Crippen LogP contribution in [0.4, 0.5) is 0 Å². The summed E-state index contributed by atoms with van der Waals surface area (Å²) in [7, 11) is 0. The minimum atomic E-state index is -0.587. The molecule has 1 heterocycles. The van der Waals surface area contributed by atoms with Crippen LogP contribution in [0, 0.1) is 0 Å². The summed E-state index contributed by atoms with van der Waals surface area (Å²) in [4.78, 5) is 2.11. The number of hydrogen-bond donors (Lipinski definition) is 2. The van der Waals surface area contributed by atoms with Gasteiger partial charge in [0.05, 0.1) is 11.7 Å². The largest absolute Gasteiger partial charge is 0.389 e. The number of β-amino-alcohol motifs (C(OH)–C–C–N with tert-alkyl or cyclic N) is 2. The van der Waals surface area contributed by atoms with Gasteiger partial charge in [-0.3, -0.25) is 4.90 Å². The SMILES string of the molecule is CC1(O)CCN(CC(O)c2ccccc2)C1. The molecule has 0 aliphatic carbocycles. The summed E-state index contributed by atoms with van der Waals surface area (Å²) in [6, 6.07) is 9.66. The van der Waals surface area contributed by atoms with Gasteiger partial charge in [-0.2, -0.15) is 0 Å². The van der Waals surface area contributed by atoms with Crippen molar-refractivity contribution in [3.8, 4) is 0 Å². The van der Waals surface area contributed by atoms with E-state index in [4.69, 9.17) is 0 Å². The molecule has 0 aromatic heterocycles. The molecule has 2 atom stereocenters. The zero-order chi connectivity index (χ0) is 11.6. The van der Waals surface area contributed by atoms with Crippen LogP contribution in [-0.2, 0) is 0 Å². The number of nitrogens with zero attached hydrogens (tertiary/aromatic N) is 1. The molecule has 1 aromatic carbocycles. The van der Waals surface area contributed by atoms with E-state index in [-0.39, 0.29) is 0 Å². The standard InChI is InChI=1S/C13H19NO2/c1-13(16)7-8-14(10-13)9-12(15)11-5-3-2-4-6-11/h2-6,12,15-16H,7-10H2,1H3. The van der Waals surface area contributed by atoms with Gasteiger partial charge in [0, 0.05) is 19.6 Å². The van der Waals surface area contributed by atoms with Crippen molar-refractivity contribution in [3.63, 3.8) is 0 Å². The molecule has 1 fully saturated rings. The van der Waals surface area contributed by atoms with Crippen LogP contribution >= 0.6 is 0 Å². The Morgan fingerprint density at radius 3 is 2.62 bits per heavy atom. The molecule has 2 N–H and O–H groups in total. The van der Waals surface area contributed by atoms with Crippen LogP contribution in [-0.4, -0.2) is 40.3 Å². The highest BCUT2D eigenvalue weighted by Crippen LogP contribution is 2.23. The molecule has 0 saturated carbocycles. The number of aliphatic hydroxyl groups excluding tert-OH is 1. The topological polar surface area (TPSA) is 43.7 Å². The summed E-state index contributed by atoms with van der Waals surface area (Å²) in [5.41, 5.74) is 0.352. The van der Waals surface area contributed by atoms with Crippen LogP contribution in [0.5, 0.6) is 0 Å². The maximum absolute atomic E-state index is 10.0. The number of hydrogen-bond acceptors (Lipinski definition) is 3. The highest BCUT2D eigenvalue weighted by Gasteiger charge is 2.32. The summed E-state index contributed by atoms with van der Waals surface area (Å²) in [6.45, 7) is 3.95. The highest BCUT2D eigenvalue weighted by molar-refractivity contribution is 5.17. The molecule has 0 radical (unpaired) electrons. The van der Waals surface area contributed by atoms with E-state index in [9.17, 15) is 10.2 Å². The predicted octanol–water partition coefficient (Wildman–Crippen LogP) is 1.18. The van der Waals surface area contributed by atoms with Gasteiger partial charge in [-0.15, -0.1) is 0 Å². The van der Waals surface area contributed by atoms with Crippen LogP contribution in [0.15, 0.2) is 30.3 Å². The number of likely N-dealkylation sites (tertiary alicyclic amines) is 1. The van der Waals surface area contributed by atoms with E-state index < -0.39 is 11.7 Å². The van der Waals surface area contributed by atoms with Crippen LogP contribution in [0.2, 0.25) is 0 Å². The Balaban J connectivity index is 1.91. The molecule has 0 spiro atoms. The molecular formula is C13H19NO2. The highest BCUT2D eigenvalue weighted by atomic mass is 16.3. The van der Waals surface area contributed by atoms with Crippen LogP contribution < -0.4 is 0 Å². The lowest BCUT2D eigenvalue weighted by molar-refractivity contribution is 0.0581. The lowest BCUT2D eigenvalue weighted by Crippen LogP contribution is -2.32. The van der Waals surface area contributed by atoms with E-state index in [1.807, 2.05) is 37.3 Å². The Bertz CT molecular complexity index is 337. The molecule has 0 amide bonds. The van der Waals surface area contributed by atoms with Gasteiger partial charge in [0.15, 0.2) is 0 Å². The molecule has 3 nitrogen and oxygen atoms in total. The fourth-order valence-electron chi connectivity index (χ4n) is 2.22. The first-order valence-corrected chi connectivity index (χ1v) is 5.75. The minimum absolute atomic E-state index is 0.463. The number of aliphatic hydroxyl groups is 2. The summed E-state index contributed by atoms with van der Waals surface area (Å²) in [5, 5.41) is 19.9. The molecule has 2 unspecified atom stereocenters. The number of benzene rings is 1. The third kappa shape index (κ3) is 2.82. The molecule has 88 valence electrons. The lowest BCUT2D eigenvalue weighted by atomic mass is 10.1. The Kier molecular flexibility index (Phi) is 3.28. The van der Waals surface area contributed by atoms with Crippen LogP contribution in [0.25, 0.3) is 0 Å². The van der Waals surface area contributed by atoms with Crippen molar-refractivity contribution in [2.75, 3.05) is 19.6 Å². The van der Waals surface area contributed by atoms with E-state index >= 15 is 0 Å². The fourth-order valence-corrected chi connectivity index (χ4v) is 2.22. The van der Waals surface area contributed by atoms with Crippen LogP contribution in [0.3, 0.4) is 0 Å². The van der Waals surface area contributed by atoms with Gasteiger partial charge in [-0.1, -0.05) is 30.3 Å². The Morgan fingerprint density at radius 2 is 2.06 bits per heavy atom. The Labute approximate surface area is 96.3 Å². The van der Waals surface area contributed by atoms with Crippen molar-refractivity contribution >= 4 is 0 Å². The third-order valence-corrected chi connectivity index (χ3v) is 3.15. The first-order valence-electron chi connectivity index (χ1n) is 5.75. The monoisotopic (exact) mass is 221 g/mol. The molecule has 3 heteroatoms. The average Bonchev–Trinajstić information content (AvgIpc) is 2.59. The molecule has 16 heavy (non-hydrogen) atoms. The maximum Gasteiger partial charge on any atom is 0.0916 e. The Morgan fingerprint density at radius 1 is 1.38 bits per heavy atom. The van der Waals surface area contributed by atoms with E-state index in [0.29, 0.717) is 13.1 Å². The smallest absolute Gasteiger partial charge is 0.0916 e. The Hall–Kier alpha value is -0.900. The predicted molar refractivity (Wildman–Crippen MR) is 63.1 cm³/mol. The van der Waals surface area contributed by atoms with Crippen molar-refractivity contribution in [3.05, 3.63) is 35.9 Å². The van der Waals surface area contributed by atoms with Gasteiger partial charge in [0.1, 0.15) is 0 Å². The first kappa shape index (κ1) is 11.6. The van der Waals surface area contributed by atoms with Crippen molar-refractivity contribution in [2.24, 2.45) is 0 Å². The summed E-state index contributed by atoms with van der Waals surface area (Å²) in [6.07, 6.45) is 0.323. The molecule has 0 bridgehead atoms. The average molecular weight is 221 g/mol. The molecule has 1 aliphatic rings. The number of rotatable bonds is 3. The lowest BCUT2D eigenvalue weighted by Gasteiger charge is -2.21. The van der Waals surface area contributed by atoms with E-state index in [1.54, 1.807) is 0 Å². The van der Waals surface area contributed by atoms with E-state index in [1.165, 1.54) is 0 Å². The second-order valence-electron chi connectivity index (χ2n) is 4.91. The molecule has 1 aromatic rings. The van der Waals surface area contributed by atoms with Gasteiger partial charge >= 0.3 is 0 Å². The first-order chi connectivity index (χ1) is 7.57. The van der Waals surface area contributed by atoms with Gasteiger partial charge < -0.3 is 10.2 Å². The van der Waals surface area contributed by atoms with Gasteiger partial charge in [-0.05, 0) is 18.9 Å². The zero-order valence-corrected chi connectivity index (χ0v) is 9.63.